The number of aryl methyl sites for hydroxylation is 1. The Kier molecular flexibility index (Phi) is 8.65. The normalized spacial score (nSPS) is 13.4. The summed E-state index contributed by atoms with van der Waals surface area (Å²) in [4.78, 5) is 7.75. The number of nitrogens with zero attached hydrogens (tertiary/aromatic N) is 2. The molecule has 0 fully saturated rings. The molecule has 0 amide bonds. The summed E-state index contributed by atoms with van der Waals surface area (Å²) in [6.07, 6.45) is 7.08. The van der Waals surface area contributed by atoms with Gasteiger partial charge in [-0.2, -0.15) is 0 Å². The van der Waals surface area contributed by atoms with Crippen LogP contribution in [0.25, 0.3) is 54.6 Å². The number of allylic oxidation sites excluding steroid dienone is 2. The van der Waals surface area contributed by atoms with E-state index in [2.05, 4.69) is 189 Å². The van der Waals surface area contributed by atoms with Gasteiger partial charge in [-0.3, -0.25) is 4.99 Å². The smallest absolute Gasteiger partial charge is 0.0740 e. The molecular weight excluding hydrogens is 641 g/mol. The van der Waals surface area contributed by atoms with Crippen LogP contribution in [0, 0.1) is 6.92 Å². The molecule has 8 aromatic carbocycles. The predicted octanol–water partition coefficient (Wildman–Crippen LogP) is 14.5. The lowest BCUT2D eigenvalue weighted by atomic mass is 9.92. The maximum atomic E-state index is 5.21. The first-order chi connectivity index (χ1) is 26.1. The number of aliphatic imine (C=N–C) groups is 1. The Labute approximate surface area is 312 Å². The van der Waals surface area contributed by atoms with Crippen molar-refractivity contribution in [2.75, 3.05) is 4.90 Å². The van der Waals surface area contributed by atoms with E-state index in [4.69, 9.17) is 4.99 Å². The van der Waals surface area contributed by atoms with Crippen molar-refractivity contribution < 1.29 is 0 Å². The highest BCUT2D eigenvalue weighted by Crippen LogP contribution is 2.45. The second kappa shape index (κ2) is 14.1. The SMILES string of the molecule is C/C(=N\c1c(C)ccc2c1ccc1ccc(-c3cccc4c(N(C5=CCCCC5)c5ccccc5-c5ccccc5)cccc34)cc12)c1ccccc1. The fourth-order valence-electron chi connectivity index (χ4n) is 8.19. The summed E-state index contributed by atoms with van der Waals surface area (Å²) in [6, 6.07) is 59.7. The number of benzene rings is 8. The van der Waals surface area contributed by atoms with E-state index < -0.39 is 0 Å². The molecule has 0 atom stereocenters. The minimum Gasteiger partial charge on any atom is -0.313 e. The Balaban J connectivity index is 1.20. The lowest BCUT2D eigenvalue weighted by Gasteiger charge is -2.32. The van der Waals surface area contributed by atoms with Crippen LogP contribution >= 0.6 is 0 Å². The molecule has 9 rings (SSSR count). The molecule has 2 heteroatoms. The van der Waals surface area contributed by atoms with Crippen molar-refractivity contribution in [3.05, 3.63) is 187 Å². The second-order valence-corrected chi connectivity index (χ2v) is 14.2. The van der Waals surface area contributed by atoms with Gasteiger partial charge in [-0.25, -0.2) is 0 Å². The van der Waals surface area contributed by atoms with Crippen molar-refractivity contribution in [2.24, 2.45) is 4.99 Å². The molecule has 0 N–H and O–H groups in total. The van der Waals surface area contributed by atoms with Gasteiger partial charge in [0.15, 0.2) is 0 Å². The zero-order chi connectivity index (χ0) is 35.7. The molecule has 53 heavy (non-hydrogen) atoms. The first kappa shape index (κ1) is 32.6. The number of hydrogen-bond donors (Lipinski definition) is 0. The molecule has 0 aromatic heterocycles. The van der Waals surface area contributed by atoms with Crippen molar-refractivity contribution in [2.45, 2.75) is 39.5 Å². The first-order valence-electron chi connectivity index (χ1n) is 18.9. The van der Waals surface area contributed by atoms with Crippen LogP contribution in [0.1, 0.15) is 43.7 Å². The summed E-state index contributed by atoms with van der Waals surface area (Å²) in [5, 5.41) is 7.38. The van der Waals surface area contributed by atoms with E-state index in [0.717, 1.165) is 29.8 Å². The molecule has 0 unspecified atom stereocenters. The van der Waals surface area contributed by atoms with Crippen LogP contribution in [0.4, 0.5) is 17.1 Å². The number of rotatable bonds is 7. The average Bonchev–Trinajstić information content (AvgIpc) is 3.22. The second-order valence-electron chi connectivity index (χ2n) is 14.2. The Morgan fingerprint density at radius 1 is 0.528 bits per heavy atom. The van der Waals surface area contributed by atoms with Crippen molar-refractivity contribution >= 4 is 55.1 Å². The molecule has 0 heterocycles. The molecule has 256 valence electrons. The molecule has 0 spiro atoms. The first-order valence-corrected chi connectivity index (χ1v) is 18.9. The van der Waals surface area contributed by atoms with Crippen LogP contribution in [0.5, 0.6) is 0 Å². The number of para-hydroxylation sites is 1. The van der Waals surface area contributed by atoms with E-state index in [1.54, 1.807) is 0 Å². The highest BCUT2D eigenvalue weighted by Gasteiger charge is 2.22. The van der Waals surface area contributed by atoms with E-state index in [-0.39, 0.29) is 0 Å². The summed E-state index contributed by atoms with van der Waals surface area (Å²) in [5.41, 5.74) is 13.1. The number of hydrogen-bond acceptors (Lipinski definition) is 2. The third-order valence-corrected chi connectivity index (χ3v) is 10.9. The monoisotopic (exact) mass is 682 g/mol. The number of anilines is 2. The molecule has 0 radical (unpaired) electrons. The molecule has 1 aliphatic rings. The Morgan fingerprint density at radius 3 is 2.06 bits per heavy atom. The van der Waals surface area contributed by atoms with Crippen molar-refractivity contribution in [1.82, 2.24) is 0 Å². The average molecular weight is 683 g/mol. The van der Waals surface area contributed by atoms with Crippen LogP contribution in [0.3, 0.4) is 0 Å². The minimum absolute atomic E-state index is 1.02. The van der Waals surface area contributed by atoms with Crippen LogP contribution in [0.2, 0.25) is 0 Å². The van der Waals surface area contributed by atoms with Gasteiger partial charge in [-0.15, -0.1) is 0 Å². The highest BCUT2D eigenvalue weighted by atomic mass is 15.2. The van der Waals surface area contributed by atoms with Gasteiger partial charge in [-0.1, -0.05) is 152 Å². The largest absolute Gasteiger partial charge is 0.313 e. The Hall–Kier alpha value is -6.25. The third-order valence-electron chi connectivity index (χ3n) is 10.9. The van der Waals surface area contributed by atoms with Gasteiger partial charge >= 0.3 is 0 Å². The van der Waals surface area contributed by atoms with Crippen LogP contribution < -0.4 is 4.90 Å². The Bertz CT molecular complexity index is 2680. The maximum Gasteiger partial charge on any atom is 0.0740 e. The summed E-state index contributed by atoms with van der Waals surface area (Å²) in [6.45, 7) is 4.27. The summed E-state index contributed by atoms with van der Waals surface area (Å²) in [7, 11) is 0. The van der Waals surface area contributed by atoms with E-state index in [1.165, 1.54) is 90.0 Å². The van der Waals surface area contributed by atoms with Gasteiger partial charge in [0.2, 0.25) is 0 Å². The molecule has 8 aromatic rings. The number of fused-ring (bicyclic) bond motifs is 4. The van der Waals surface area contributed by atoms with Gasteiger partial charge in [0.25, 0.3) is 0 Å². The molecule has 0 saturated heterocycles. The zero-order valence-electron chi connectivity index (χ0n) is 30.4. The fraction of sp³-hybridized carbons (Fsp3) is 0.118. The lowest BCUT2D eigenvalue weighted by Crippen LogP contribution is -2.19. The molecule has 0 saturated carbocycles. The van der Waals surface area contributed by atoms with E-state index in [0.29, 0.717) is 0 Å². The van der Waals surface area contributed by atoms with Gasteiger partial charge in [0.1, 0.15) is 0 Å². The van der Waals surface area contributed by atoms with E-state index in [9.17, 15) is 0 Å². The lowest BCUT2D eigenvalue weighted by molar-refractivity contribution is 0.691. The maximum absolute atomic E-state index is 5.21. The quantitative estimate of drug-likeness (QED) is 0.121. The summed E-state index contributed by atoms with van der Waals surface area (Å²) in [5.74, 6) is 0. The Morgan fingerprint density at radius 2 is 1.23 bits per heavy atom. The molecule has 0 aliphatic heterocycles. The highest BCUT2D eigenvalue weighted by molar-refractivity contribution is 6.15. The van der Waals surface area contributed by atoms with Crippen molar-refractivity contribution in [3.8, 4) is 22.3 Å². The third kappa shape index (κ3) is 6.11. The fourth-order valence-corrected chi connectivity index (χ4v) is 8.19. The topological polar surface area (TPSA) is 15.6 Å². The molecule has 0 bridgehead atoms. The molecular formula is C51H42N2. The van der Waals surface area contributed by atoms with Gasteiger partial charge in [-0.05, 0) is 107 Å². The molecule has 2 nitrogen and oxygen atoms in total. The standard InChI is InChI=1S/C51H42N2/c1-35-28-32-45-47(51(35)52-36(2)37-16-6-3-7-17-37)33-31-39-29-30-40(34-48(39)45)42-23-14-25-46-44(42)24-15-27-50(46)53(41-20-10-5-11-21-41)49-26-13-12-22-43(49)38-18-8-4-9-19-38/h3-4,6-9,12-20,22-34H,5,10-11,21H2,1-2H3/b52-36+. The predicted molar refractivity (Wildman–Crippen MR) is 228 cm³/mol. The van der Waals surface area contributed by atoms with Crippen LogP contribution in [0.15, 0.2) is 181 Å². The van der Waals surface area contributed by atoms with Crippen LogP contribution in [-0.2, 0) is 0 Å². The van der Waals surface area contributed by atoms with Gasteiger partial charge in [0, 0.05) is 27.7 Å². The summed E-state index contributed by atoms with van der Waals surface area (Å²) < 4.78 is 0. The van der Waals surface area contributed by atoms with Gasteiger partial charge < -0.3 is 4.90 Å². The van der Waals surface area contributed by atoms with Gasteiger partial charge in [0.05, 0.1) is 17.1 Å². The van der Waals surface area contributed by atoms with Crippen molar-refractivity contribution in [3.63, 3.8) is 0 Å². The van der Waals surface area contributed by atoms with E-state index in [1.807, 2.05) is 0 Å². The summed E-state index contributed by atoms with van der Waals surface area (Å²) >= 11 is 0. The van der Waals surface area contributed by atoms with Crippen molar-refractivity contribution in [1.29, 1.82) is 0 Å². The minimum atomic E-state index is 1.02. The zero-order valence-corrected chi connectivity index (χ0v) is 30.4. The molecule has 1 aliphatic carbocycles. The van der Waals surface area contributed by atoms with E-state index >= 15 is 0 Å². The van der Waals surface area contributed by atoms with Crippen LogP contribution in [-0.4, -0.2) is 5.71 Å².